The van der Waals surface area contributed by atoms with E-state index in [1.807, 2.05) is 13.8 Å². The molecular formula is C29H50O9S. The maximum atomic E-state index is 12.3. The Hall–Kier alpha value is -0.590. The van der Waals surface area contributed by atoms with Crippen LogP contribution in [0, 0.1) is 46.3 Å². The minimum Gasteiger partial charge on any atom is -0.396 e. The van der Waals surface area contributed by atoms with Crippen molar-refractivity contribution in [3.63, 3.8) is 0 Å². The summed E-state index contributed by atoms with van der Waals surface area (Å²) in [4.78, 5) is 0. The molecule has 4 rings (SSSR count). The smallest absolute Gasteiger partial charge is 0.396 e. The second-order valence-electron chi connectivity index (χ2n) is 13.7. The molecule has 0 aromatic heterocycles. The molecule has 0 bridgehead atoms. The summed E-state index contributed by atoms with van der Waals surface area (Å²) in [6.45, 7) is 11.8. The lowest BCUT2D eigenvalue weighted by Gasteiger charge is -2.62. The summed E-state index contributed by atoms with van der Waals surface area (Å²) in [5.41, 5.74) is -2.09. The highest BCUT2D eigenvalue weighted by Crippen LogP contribution is 2.69. The van der Waals surface area contributed by atoms with Crippen molar-refractivity contribution >= 4 is 10.4 Å². The number of fused-ring (bicyclic) bond motifs is 5. The van der Waals surface area contributed by atoms with Gasteiger partial charge in [-0.05, 0) is 99.7 Å². The number of allylic oxidation sites excluding steroid dienone is 1. The molecular weight excluding hydrogens is 524 g/mol. The van der Waals surface area contributed by atoms with Crippen molar-refractivity contribution in [2.45, 2.75) is 115 Å². The summed E-state index contributed by atoms with van der Waals surface area (Å²) >= 11 is 0. The van der Waals surface area contributed by atoms with Gasteiger partial charge in [0.15, 0.2) is 0 Å². The third-order valence-electron chi connectivity index (χ3n) is 12.1. The Morgan fingerprint density at radius 2 is 1.82 bits per heavy atom. The average Bonchev–Trinajstić information content (AvgIpc) is 3.03. The molecule has 10 heteroatoms. The number of hydrogen-bond acceptors (Lipinski definition) is 8. The van der Waals surface area contributed by atoms with Crippen LogP contribution in [0.4, 0.5) is 0 Å². The molecule has 0 aromatic carbocycles. The lowest BCUT2D eigenvalue weighted by Crippen LogP contribution is -2.63. The Morgan fingerprint density at radius 3 is 2.38 bits per heavy atom. The number of rotatable bonds is 9. The maximum Gasteiger partial charge on any atom is 0.397 e. The van der Waals surface area contributed by atoms with Crippen molar-refractivity contribution in [1.82, 2.24) is 0 Å². The zero-order chi connectivity index (χ0) is 29.1. The fourth-order valence-corrected chi connectivity index (χ4v) is 10.5. The van der Waals surface area contributed by atoms with Gasteiger partial charge in [-0.15, -0.1) is 0 Å². The molecule has 0 aromatic rings. The zero-order valence-electron chi connectivity index (χ0n) is 23.9. The van der Waals surface area contributed by atoms with Gasteiger partial charge in [0.2, 0.25) is 0 Å². The highest BCUT2D eigenvalue weighted by atomic mass is 32.3. The quantitative estimate of drug-likeness (QED) is 0.179. The van der Waals surface area contributed by atoms with Crippen LogP contribution in [-0.4, -0.2) is 75.1 Å². The van der Waals surface area contributed by atoms with E-state index in [1.165, 1.54) is 0 Å². The zero-order valence-corrected chi connectivity index (χ0v) is 24.7. The van der Waals surface area contributed by atoms with Gasteiger partial charge in [0.25, 0.3) is 0 Å². The first-order valence-electron chi connectivity index (χ1n) is 14.8. The van der Waals surface area contributed by atoms with Crippen molar-refractivity contribution in [3.8, 4) is 0 Å². The Kier molecular flexibility index (Phi) is 8.77. The fraction of sp³-hybridized carbons (Fsp3) is 0.931. The number of aliphatic hydroxyl groups excluding tert-OH is 4. The molecule has 4 saturated carbocycles. The van der Waals surface area contributed by atoms with Gasteiger partial charge < -0.3 is 25.5 Å². The first-order chi connectivity index (χ1) is 18.1. The highest BCUT2D eigenvalue weighted by Gasteiger charge is 2.74. The standard InChI is InChI=1S/C29H50O9S/c1-6-18(16(2)3)8-7-17(4)29(34)26(33)25(32)24-20-10-9-19-13-22(31)23(38-39(35,36)37)14-27(19,5)21(20)11-12-28(24,29)15-30/h17-26,30-34H,2,6-15H2,1,3-5H3,(H,35,36,37)/t17-,18?,19+,20?,21?,22+,23+,24?,25?,26-,27+,28-,29-/m1/s1. The summed E-state index contributed by atoms with van der Waals surface area (Å²) in [6, 6.07) is 0. The summed E-state index contributed by atoms with van der Waals surface area (Å²) in [6.07, 6.45) is 0.737. The molecule has 0 heterocycles. The van der Waals surface area contributed by atoms with Crippen LogP contribution in [0.3, 0.4) is 0 Å². The Bertz CT molecular complexity index is 1020. The predicted octanol–water partition coefficient (Wildman–Crippen LogP) is 2.85. The van der Waals surface area contributed by atoms with Crippen molar-refractivity contribution < 1.29 is 42.7 Å². The Labute approximate surface area is 233 Å². The van der Waals surface area contributed by atoms with Gasteiger partial charge in [-0.3, -0.25) is 4.55 Å². The minimum atomic E-state index is -4.74. The molecule has 0 spiro atoms. The average molecular weight is 575 g/mol. The molecule has 4 aliphatic rings. The van der Waals surface area contributed by atoms with E-state index in [9.17, 15) is 38.5 Å². The van der Waals surface area contributed by atoms with Gasteiger partial charge >= 0.3 is 10.4 Å². The molecule has 13 atom stereocenters. The molecule has 5 unspecified atom stereocenters. The SMILES string of the molecule is C=C(C)C(CC)CC[C@@H](C)[C@@]1(O)[C@H](O)C(O)C2C3CC[C@H]4C[C@H](O)[C@@H](OS(=O)(=O)O)C[C@]4(C)C3CC[C@@]21CO. The van der Waals surface area contributed by atoms with E-state index in [0.29, 0.717) is 31.6 Å². The molecule has 4 fully saturated rings. The normalized spacial score (nSPS) is 47.5. The van der Waals surface area contributed by atoms with Crippen LogP contribution in [0.25, 0.3) is 0 Å². The second kappa shape index (κ2) is 10.9. The van der Waals surface area contributed by atoms with E-state index in [-0.39, 0.29) is 36.7 Å². The van der Waals surface area contributed by atoms with Crippen molar-refractivity contribution in [2.24, 2.45) is 46.3 Å². The molecule has 0 radical (unpaired) electrons. The van der Waals surface area contributed by atoms with Crippen molar-refractivity contribution in [2.75, 3.05) is 6.61 Å². The molecule has 226 valence electrons. The van der Waals surface area contributed by atoms with Crippen LogP contribution < -0.4 is 0 Å². The molecule has 39 heavy (non-hydrogen) atoms. The van der Waals surface area contributed by atoms with Gasteiger partial charge in [0.1, 0.15) is 17.8 Å². The topological polar surface area (TPSA) is 165 Å². The van der Waals surface area contributed by atoms with Crippen LogP contribution in [-0.2, 0) is 14.6 Å². The molecule has 0 saturated heterocycles. The van der Waals surface area contributed by atoms with Crippen LogP contribution in [0.2, 0.25) is 0 Å². The molecule has 0 aliphatic heterocycles. The summed E-state index contributed by atoms with van der Waals surface area (Å²) in [7, 11) is -4.74. The Balaban J connectivity index is 1.64. The van der Waals surface area contributed by atoms with E-state index in [1.54, 1.807) is 0 Å². The lowest BCUT2D eigenvalue weighted by molar-refractivity contribution is -0.217. The monoisotopic (exact) mass is 574 g/mol. The third-order valence-corrected chi connectivity index (χ3v) is 12.6. The molecule has 9 nitrogen and oxygen atoms in total. The van der Waals surface area contributed by atoms with Crippen LogP contribution in [0.15, 0.2) is 12.2 Å². The summed E-state index contributed by atoms with van der Waals surface area (Å²) < 4.78 is 37.2. The van der Waals surface area contributed by atoms with E-state index < -0.39 is 57.2 Å². The molecule has 4 aliphatic carbocycles. The van der Waals surface area contributed by atoms with Crippen molar-refractivity contribution in [3.05, 3.63) is 12.2 Å². The largest absolute Gasteiger partial charge is 0.397 e. The van der Waals surface area contributed by atoms with Gasteiger partial charge in [-0.1, -0.05) is 32.9 Å². The van der Waals surface area contributed by atoms with Crippen LogP contribution in [0.5, 0.6) is 0 Å². The van der Waals surface area contributed by atoms with Gasteiger partial charge in [0, 0.05) is 11.3 Å². The minimum absolute atomic E-state index is 0.00770. The fourth-order valence-electron chi connectivity index (χ4n) is 10.0. The van der Waals surface area contributed by atoms with E-state index in [2.05, 4.69) is 20.4 Å². The number of aliphatic hydroxyl groups is 5. The highest BCUT2D eigenvalue weighted by molar-refractivity contribution is 7.80. The summed E-state index contributed by atoms with van der Waals surface area (Å²) in [5.74, 6) is -0.602. The summed E-state index contributed by atoms with van der Waals surface area (Å²) in [5, 5.41) is 56.9. The first-order valence-corrected chi connectivity index (χ1v) is 16.1. The first kappa shape index (κ1) is 31.3. The van der Waals surface area contributed by atoms with Crippen molar-refractivity contribution in [1.29, 1.82) is 0 Å². The predicted molar refractivity (Wildman–Crippen MR) is 146 cm³/mol. The van der Waals surface area contributed by atoms with Crippen LogP contribution in [0.1, 0.15) is 85.5 Å². The van der Waals surface area contributed by atoms with Gasteiger partial charge in [-0.2, -0.15) is 8.42 Å². The second-order valence-corrected chi connectivity index (χ2v) is 14.7. The maximum absolute atomic E-state index is 12.3. The third kappa shape index (κ3) is 4.94. The lowest BCUT2D eigenvalue weighted by atomic mass is 9.43. The van der Waals surface area contributed by atoms with E-state index >= 15 is 0 Å². The van der Waals surface area contributed by atoms with E-state index in [4.69, 9.17) is 4.18 Å². The van der Waals surface area contributed by atoms with Crippen LogP contribution >= 0.6 is 0 Å². The van der Waals surface area contributed by atoms with Gasteiger partial charge in [0.05, 0.1) is 18.8 Å². The Morgan fingerprint density at radius 1 is 1.15 bits per heavy atom. The number of hydrogen-bond donors (Lipinski definition) is 6. The molecule has 6 N–H and O–H groups in total. The van der Waals surface area contributed by atoms with Gasteiger partial charge in [-0.25, -0.2) is 4.18 Å². The molecule has 0 amide bonds. The van der Waals surface area contributed by atoms with E-state index in [0.717, 1.165) is 31.3 Å².